The molecule has 1 N–H and O–H groups in total. The molecule has 2 aromatic rings. The number of nitrogens with zero attached hydrogens (tertiary/aromatic N) is 2. The normalized spacial score (nSPS) is 18.4. The largest absolute Gasteiger partial charge is 0.480 e. The van der Waals surface area contributed by atoms with Crippen molar-refractivity contribution in [1.29, 1.82) is 0 Å². The molecular weight excluding hydrogens is 316 g/mol. The van der Waals surface area contributed by atoms with E-state index in [0.29, 0.717) is 17.3 Å². The Kier molecular flexibility index (Phi) is 3.77. The van der Waals surface area contributed by atoms with E-state index >= 15 is 0 Å². The maximum atomic E-state index is 12.3. The highest BCUT2D eigenvalue weighted by Gasteiger charge is 2.35. The lowest BCUT2D eigenvalue weighted by atomic mass is 10.3. The number of thioether (sulfide) groups is 1. The monoisotopic (exact) mass is 326 g/mol. The van der Waals surface area contributed by atoms with Gasteiger partial charge in [-0.25, -0.2) is 9.78 Å². The average molecular weight is 326 g/mol. The first kappa shape index (κ1) is 13.6. The van der Waals surface area contributed by atoms with Crippen molar-refractivity contribution in [3.05, 3.63) is 28.6 Å². The van der Waals surface area contributed by atoms with E-state index in [1.54, 1.807) is 16.7 Å². The van der Waals surface area contributed by atoms with Crippen LogP contribution in [0.5, 0.6) is 0 Å². The van der Waals surface area contributed by atoms with Crippen LogP contribution in [0.3, 0.4) is 0 Å². The Morgan fingerprint density at radius 2 is 2.25 bits per heavy atom. The van der Waals surface area contributed by atoms with Crippen LogP contribution >= 0.6 is 34.4 Å². The predicted octanol–water partition coefficient (Wildman–Crippen LogP) is 2.47. The number of aliphatic carboxylic acids is 1. The number of aromatic nitrogens is 1. The minimum Gasteiger partial charge on any atom is -0.480 e. The molecule has 0 aromatic carbocycles. The summed E-state index contributed by atoms with van der Waals surface area (Å²) < 4.78 is 0. The molecule has 1 aliphatic rings. The molecule has 1 amide bonds. The average Bonchev–Trinajstić information content (AvgIpc) is 3.17. The van der Waals surface area contributed by atoms with Crippen LogP contribution in [-0.2, 0) is 4.79 Å². The lowest BCUT2D eigenvalue weighted by Crippen LogP contribution is -2.41. The van der Waals surface area contributed by atoms with Crippen LogP contribution in [0.25, 0.3) is 9.88 Å². The first-order chi connectivity index (χ1) is 9.66. The maximum absolute atomic E-state index is 12.3. The topological polar surface area (TPSA) is 70.5 Å². The van der Waals surface area contributed by atoms with Gasteiger partial charge in [0.15, 0.2) is 0 Å². The van der Waals surface area contributed by atoms with Gasteiger partial charge in [0.1, 0.15) is 16.7 Å². The molecule has 20 heavy (non-hydrogen) atoms. The zero-order valence-electron chi connectivity index (χ0n) is 10.2. The number of carbonyl (C=O) groups excluding carboxylic acids is 1. The van der Waals surface area contributed by atoms with E-state index in [1.807, 2.05) is 17.5 Å². The van der Waals surface area contributed by atoms with Crippen LogP contribution in [0, 0.1) is 0 Å². The molecule has 3 rings (SSSR count). The van der Waals surface area contributed by atoms with Crippen molar-refractivity contribution in [2.24, 2.45) is 0 Å². The molecule has 0 radical (unpaired) electrons. The molecule has 8 heteroatoms. The van der Waals surface area contributed by atoms with Crippen LogP contribution < -0.4 is 0 Å². The molecular formula is C12H10N2O3S3. The number of hydrogen-bond acceptors (Lipinski definition) is 6. The molecule has 1 atom stereocenters. The Labute approximate surface area is 127 Å². The summed E-state index contributed by atoms with van der Waals surface area (Å²) in [6.07, 6.45) is 0. The van der Waals surface area contributed by atoms with Crippen molar-refractivity contribution in [3.63, 3.8) is 0 Å². The molecule has 1 fully saturated rings. The molecule has 104 valence electrons. The van der Waals surface area contributed by atoms with Crippen LogP contribution in [-0.4, -0.2) is 44.5 Å². The number of thiazole rings is 1. The van der Waals surface area contributed by atoms with Crippen LogP contribution in [0.2, 0.25) is 0 Å². The van der Waals surface area contributed by atoms with Crippen molar-refractivity contribution in [2.75, 3.05) is 11.6 Å². The quantitative estimate of drug-likeness (QED) is 0.938. The molecule has 0 saturated carbocycles. The standard InChI is InChI=1S/C12H10N2O3S3/c15-11(14-6-18-5-8(14)12(16)17)7-4-20-10(13-7)9-2-1-3-19-9/h1-4,8H,5-6H2,(H,16,17). The van der Waals surface area contributed by atoms with Gasteiger partial charge in [-0.2, -0.15) is 0 Å². The van der Waals surface area contributed by atoms with Crippen LogP contribution in [0.4, 0.5) is 0 Å². The highest BCUT2D eigenvalue weighted by Crippen LogP contribution is 2.29. The molecule has 3 heterocycles. The van der Waals surface area contributed by atoms with Crippen molar-refractivity contribution < 1.29 is 14.7 Å². The number of carbonyl (C=O) groups is 2. The first-order valence-electron chi connectivity index (χ1n) is 5.78. The van der Waals surface area contributed by atoms with Gasteiger partial charge in [-0.3, -0.25) is 4.79 Å². The summed E-state index contributed by atoms with van der Waals surface area (Å²) in [6.45, 7) is 0. The van der Waals surface area contributed by atoms with Crippen molar-refractivity contribution in [2.45, 2.75) is 6.04 Å². The maximum Gasteiger partial charge on any atom is 0.327 e. The predicted molar refractivity (Wildman–Crippen MR) is 80.3 cm³/mol. The minimum atomic E-state index is -0.961. The smallest absolute Gasteiger partial charge is 0.327 e. The van der Waals surface area contributed by atoms with Gasteiger partial charge in [0.2, 0.25) is 0 Å². The van der Waals surface area contributed by atoms with E-state index in [-0.39, 0.29) is 5.91 Å². The Bertz CT molecular complexity index is 638. The summed E-state index contributed by atoms with van der Waals surface area (Å²) >= 11 is 4.41. The van der Waals surface area contributed by atoms with Crippen LogP contribution in [0.15, 0.2) is 22.9 Å². The Balaban J connectivity index is 1.83. The fraction of sp³-hybridized carbons (Fsp3) is 0.250. The van der Waals surface area contributed by atoms with E-state index in [4.69, 9.17) is 5.11 Å². The van der Waals surface area contributed by atoms with E-state index in [9.17, 15) is 9.59 Å². The fourth-order valence-corrected chi connectivity index (χ4v) is 4.63. The van der Waals surface area contributed by atoms with Crippen molar-refractivity contribution in [1.82, 2.24) is 9.88 Å². The summed E-state index contributed by atoms with van der Waals surface area (Å²) in [5.74, 6) is -0.427. The third kappa shape index (κ3) is 2.46. The third-order valence-electron chi connectivity index (χ3n) is 2.88. The van der Waals surface area contributed by atoms with Crippen LogP contribution in [0.1, 0.15) is 10.5 Å². The highest BCUT2D eigenvalue weighted by molar-refractivity contribution is 7.99. The minimum absolute atomic E-state index is 0.304. The molecule has 2 aromatic heterocycles. The van der Waals surface area contributed by atoms with Crippen molar-refractivity contribution in [3.8, 4) is 9.88 Å². The van der Waals surface area contributed by atoms with Gasteiger partial charge >= 0.3 is 5.97 Å². The molecule has 0 aliphatic carbocycles. The molecule has 0 bridgehead atoms. The Hall–Kier alpha value is -1.38. The second kappa shape index (κ2) is 5.55. The second-order valence-electron chi connectivity index (χ2n) is 4.14. The Morgan fingerprint density at radius 3 is 2.95 bits per heavy atom. The number of carboxylic acid groups (broad SMARTS) is 1. The van der Waals surface area contributed by atoms with Crippen molar-refractivity contribution >= 4 is 46.3 Å². The zero-order chi connectivity index (χ0) is 14.1. The molecule has 1 aliphatic heterocycles. The number of amides is 1. The number of hydrogen-bond donors (Lipinski definition) is 1. The molecule has 1 saturated heterocycles. The lowest BCUT2D eigenvalue weighted by Gasteiger charge is -2.18. The summed E-state index contributed by atoms with van der Waals surface area (Å²) in [5, 5.41) is 13.6. The highest BCUT2D eigenvalue weighted by atomic mass is 32.2. The van der Waals surface area contributed by atoms with Gasteiger partial charge in [-0.05, 0) is 11.4 Å². The SMILES string of the molecule is O=C(O)C1CSCN1C(=O)c1csc(-c2cccs2)n1. The van der Waals surface area contributed by atoms with E-state index < -0.39 is 12.0 Å². The zero-order valence-corrected chi connectivity index (χ0v) is 12.6. The van der Waals surface area contributed by atoms with Gasteiger partial charge in [0.25, 0.3) is 5.91 Å². The summed E-state index contributed by atoms with van der Waals surface area (Å²) in [7, 11) is 0. The fourth-order valence-electron chi connectivity index (χ4n) is 1.88. The third-order valence-corrected chi connectivity index (χ3v) is 5.78. The Morgan fingerprint density at radius 1 is 1.40 bits per heavy atom. The van der Waals surface area contributed by atoms with Gasteiger partial charge < -0.3 is 10.0 Å². The molecule has 5 nitrogen and oxygen atoms in total. The van der Waals surface area contributed by atoms with E-state index in [1.165, 1.54) is 28.0 Å². The number of rotatable bonds is 3. The summed E-state index contributed by atoms with van der Waals surface area (Å²) in [6, 6.07) is 3.13. The summed E-state index contributed by atoms with van der Waals surface area (Å²) in [4.78, 5) is 30.2. The van der Waals surface area contributed by atoms with E-state index in [2.05, 4.69) is 4.98 Å². The summed E-state index contributed by atoms with van der Waals surface area (Å²) in [5.41, 5.74) is 0.326. The lowest BCUT2D eigenvalue weighted by molar-refractivity contribution is -0.140. The molecule has 1 unspecified atom stereocenters. The van der Waals surface area contributed by atoms with Gasteiger partial charge in [0.05, 0.1) is 10.8 Å². The van der Waals surface area contributed by atoms with E-state index in [0.717, 1.165) is 9.88 Å². The first-order valence-corrected chi connectivity index (χ1v) is 8.69. The van der Waals surface area contributed by atoms with Gasteiger partial charge in [-0.1, -0.05) is 6.07 Å². The van der Waals surface area contributed by atoms with Gasteiger partial charge in [0, 0.05) is 11.1 Å². The number of carboxylic acids is 1. The second-order valence-corrected chi connectivity index (χ2v) is 6.95. The number of thiophene rings is 1. The van der Waals surface area contributed by atoms with Gasteiger partial charge in [-0.15, -0.1) is 34.4 Å². The molecule has 0 spiro atoms.